The summed E-state index contributed by atoms with van der Waals surface area (Å²) in [5, 5.41) is 2.88. The summed E-state index contributed by atoms with van der Waals surface area (Å²) < 4.78 is 5.14. The topological polar surface area (TPSA) is 58.6 Å². The molecular formula is C21H26N2O3. The Labute approximate surface area is 155 Å². The molecule has 2 aromatic rings. The van der Waals surface area contributed by atoms with Crippen LogP contribution in [0.1, 0.15) is 23.6 Å². The van der Waals surface area contributed by atoms with Gasteiger partial charge in [0.2, 0.25) is 11.8 Å². The minimum atomic E-state index is -0.0400. The first kappa shape index (κ1) is 19.5. The Morgan fingerprint density at radius 1 is 1.00 bits per heavy atom. The molecular weight excluding hydrogens is 328 g/mol. The number of hydrogen-bond acceptors (Lipinski definition) is 3. The van der Waals surface area contributed by atoms with E-state index in [0.717, 1.165) is 16.9 Å². The number of nitrogens with zero attached hydrogens (tertiary/aromatic N) is 1. The van der Waals surface area contributed by atoms with Crippen molar-refractivity contribution in [2.24, 2.45) is 0 Å². The number of benzene rings is 2. The van der Waals surface area contributed by atoms with E-state index in [0.29, 0.717) is 26.1 Å². The van der Waals surface area contributed by atoms with E-state index in [4.69, 9.17) is 4.74 Å². The molecule has 0 unspecified atom stereocenters. The number of ether oxygens (including phenoxy) is 1. The van der Waals surface area contributed by atoms with Gasteiger partial charge in [0.05, 0.1) is 13.5 Å². The number of carbonyl (C=O) groups excluding carboxylic acids is 2. The molecule has 0 aliphatic carbocycles. The Morgan fingerprint density at radius 3 is 2.19 bits per heavy atom. The van der Waals surface area contributed by atoms with E-state index in [1.807, 2.05) is 55.5 Å². The van der Waals surface area contributed by atoms with E-state index in [9.17, 15) is 9.59 Å². The van der Waals surface area contributed by atoms with E-state index in [-0.39, 0.29) is 11.8 Å². The van der Waals surface area contributed by atoms with Gasteiger partial charge >= 0.3 is 0 Å². The monoisotopic (exact) mass is 354 g/mol. The molecule has 2 amide bonds. The average Bonchev–Trinajstić information content (AvgIpc) is 2.63. The lowest BCUT2D eigenvalue weighted by Gasteiger charge is -2.21. The van der Waals surface area contributed by atoms with E-state index >= 15 is 0 Å². The molecule has 1 N–H and O–H groups in total. The van der Waals surface area contributed by atoms with Crippen LogP contribution in [-0.2, 0) is 22.6 Å². The minimum absolute atomic E-state index is 0.0198. The highest BCUT2D eigenvalue weighted by molar-refractivity contribution is 5.78. The van der Waals surface area contributed by atoms with E-state index < -0.39 is 0 Å². The highest BCUT2D eigenvalue weighted by atomic mass is 16.5. The second kappa shape index (κ2) is 9.61. The van der Waals surface area contributed by atoms with E-state index in [1.54, 1.807) is 12.0 Å². The largest absolute Gasteiger partial charge is 0.497 e. The van der Waals surface area contributed by atoms with Gasteiger partial charge in [0, 0.05) is 26.6 Å². The third-order valence-electron chi connectivity index (χ3n) is 4.17. The van der Waals surface area contributed by atoms with Gasteiger partial charge in [-0.3, -0.25) is 9.59 Å². The average molecular weight is 354 g/mol. The number of carbonyl (C=O) groups is 2. The third kappa shape index (κ3) is 6.24. The summed E-state index contributed by atoms with van der Waals surface area (Å²) in [6, 6.07) is 15.5. The fraction of sp³-hybridized carbons (Fsp3) is 0.333. The van der Waals surface area contributed by atoms with E-state index in [2.05, 4.69) is 5.32 Å². The van der Waals surface area contributed by atoms with Crippen LogP contribution in [-0.4, -0.2) is 36.9 Å². The minimum Gasteiger partial charge on any atom is -0.497 e. The Bertz CT molecular complexity index is 724. The predicted molar refractivity (Wildman–Crippen MR) is 102 cm³/mol. The number of nitrogens with one attached hydrogen (secondary N) is 1. The Morgan fingerprint density at radius 2 is 1.62 bits per heavy atom. The van der Waals surface area contributed by atoms with Gasteiger partial charge in [-0.1, -0.05) is 42.0 Å². The molecule has 26 heavy (non-hydrogen) atoms. The highest BCUT2D eigenvalue weighted by Gasteiger charge is 2.10. The molecule has 2 rings (SSSR count). The SMILES string of the molecule is COc1ccc(CN(CCNC(=O)Cc2ccc(C)cc2)C(C)=O)cc1. The summed E-state index contributed by atoms with van der Waals surface area (Å²) >= 11 is 0. The van der Waals surface area contributed by atoms with Crippen LogP contribution < -0.4 is 10.1 Å². The van der Waals surface area contributed by atoms with Crippen LogP contribution in [0.15, 0.2) is 48.5 Å². The summed E-state index contributed by atoms with van der Waals surface area (Å²) in [5.41, 5.74) is 3.17. The van der Waals surface area contributed by atoms with Gasteiger partial charge in [0.1, 0.15) is 5.75 Å². The number of amides is 2. The van der Waals surface area contributed by atoms with Gasteiger partial charge < -0.3 is 15.0 Å². The second-order valence-corrected chi connectivity index (χ2v) is 6.30. The van der Waals surface area contributed by atoms with Crippen molar-refractivity contribution in [3.05, 3.63) is 65.2 Å². The molecule has 2 aromatic carbocycles. The molecule has 0 aromatic heterocycles. The van der Waals surface area contributed by atoms with Crippen molar-refractivity contribution < 1.29 is 14.3 Å². The molecule has 0 aliphatic heterocycles. The van der Waals surface area contributed by atoms with Crippen molar-refractivity contribution in [2.75, 3.05) is 20.2 Å². The molecule has 0 spiro atoms. The molecule has 138 valence electrons. The second-order valence-electron chi connectivity index (χ2n) is 6.30. The van der Waals surface area contributed by atoms with Crippen LogP contribution in [0.25, 0.3) is 0 Å². The van der Waals surface area contributed by atoms with Crippen molar-refractivity contribution in [3.8, 4) is 5.75 Å². The van der Waals surface area contributed by atoms with Gasteiger partial charge in [0.15, 0.2) is 0 Å². The summed E-state index contributed by atoms with van der Waals surface area (Å²) in [6.45, 7) is 4.97. The predicted octanol–water partition coefficient (Wildman–Crippen LogP) is 2.71. The summed E-state index contributed by atoms with van der Waals surface area (Å²) in [5.74, 6) is 0.724. The number of methoxy groups -OCH3 is 1. The van der Waals surface area contributed by atoms with Crippen LogP contribution in [0, 0.1) is 6.92 Å². The summed E-state index contributed by atoms with van der Waals surface area (Å²) in [4.78, 5) is 25.6. The van der Waals surface area contributed by atoms with Crippen LogP contribution in [0.3, 0.4) is 0 Å². The van der Waals surface area contributed by atoms with E-state index in [1.165, 1.54) is 12.5 Å². The molecule has 0 radical (unpaired) electrons. The lowest BCUT2D eigenvalue weighted by molar-refractivity contribution is -0.130. The zero-order valence-corrected chi connectivity index (χ0v) is 15.6. The standard InChI is InChI=1S/C21H26N2O3/c1-16-4-6-18(7-5-16)14-21(25)22-12-13-23(17(2)24)15-19-8-10-20(26-3)11-9-19/h4-11H,12-15H2,1-3H3,(H,22,25). The molecule has 0 atom stereocenters. The van der Waals surface area contributed by atoms with Crippen LogP contribution in [0.5, 0.6) is 5.75 Å². The first-order chi connectivity index (χ1) is 12.5. The molecule has 0 fully saturated rings. The zero-order chi connectivity index (χ0) is 18.9. The van der Waals surface area contributed by atoms with Crippen molar-refractivity contribution in [3.63, 3.8) is 0 Å². The molecule has 5 heteroatoms. The lowest BCUT2D eigenvalue weighted by atomic mass is 10.1. The molecule has 0 bridgehead atoms. The maximum absolute atomic E-state index is 12.0. The fourth-order valence-electron chi connectivity index (χ4n) is 2.58. The maximum atomic E-state index is 12.0. The number of aryl methyl sites for hydroxylation is 1. The first-order valence-corrected chi connectivity index (χ1v) is 8.68. The smallest absolute Gasteiger partial charge is 0.224 e. The molecule has 0 aliphatic rings. The van der Waals surface area contributed by atoms with Gasteiger partial charge in [-0.25, -0.2) is 0 Å². The van der Waals surface area contributed by atoms with Crippen molar-refractivity contribution in [1.82, 2.24) is 10.2 Å². The van der Waals surface area contributed by atoms with Crippen LogP contribution in [0.2, 0.25) is 0 Å². The Kier molecular flexibility index (Phi) is 7.21. The van der Waals surface area contributed by atoms with Gasteiger partial charge in [-0.2, -0.15) is 0 Å². The van der Waals surface area contributed by atoms with Gasteiger partial charge in [0.25, 0.3) is 0 Å². The first-order valence-electron chi connectivity index (χ1n) is 8.68. The zero-order valence-electron chi connectivity index (χ0n) is 15.6. The molecule has 0 heterocycles. The maximum Gasteiger partial charge on any atom is 0.224 e. The fourth-order valence-corrected chi connectivity index (χ4v) is 2.58. The molecule has 0 saturated carbocycles. The molecule has 5 nitrogen and oxygen atoms in total. The number of hydrogen-bond donors (Lipinski definition) is 1. The number of rotatable bonds is 8. The quantitative estimate of drug-likeness (QED) is 0.793. The Balaban J connectivity index is 1.81. The third-order valence-corrected chi connectivity index (χ3v) is 4.17. The van der Waals surface area contributed by atoms with Crippen LogP contribution in [0.4, 0.5) is 0 Å². The van der Waals surface area contributed by atoms with Gasteiger partial charge in [-0.05, 0) is 30.2 Å². The van der Waals surface area contributed by atoms with Crippen molar-refractivity contribution >= 4 is 11.8 Å². The molecule has 0 saturated heterocycles. The van der Waals surface area contributed by atoms with Crippen molar-refractivity contribution in [1.29, 1.82) is 0 Å². The Hall–Kier alpha value is -2.82. The van der Waals surface area contributed by atoms with Gasteiger partial charge in [-0.15, -0.1) is 0 Å². The highest BCUT2D eigenvalue weighted by Crippen LogP contribution is 2.13. The van der Waals surface area contributed by atoms with Crippen molar-refractivity contribution in [2.45, 2.75) is 26.8 Å². The normalized spacial score (nSPS) is 10.3. The summed E-state index contributed by atoms with van der Waals surface area (Å²) in [7, 11) is 1.62. The summed E-state index contributed by atoms with van der Waals surface area (Å²) in [6.07, 6.45) is 0.346. The van der Waals surface area contributed by atoms with Crippen LogP contribution >= 0.6 is 0 Å². The lowest BCUT2D eigenvalue weighted by Crippen LogP contribution is -2.37.